The fraction of sp³-hybridized carbons (Fsp3) is 0.500. The third kappa shape index (κ3) is 3.19. The minimum Gasteiger partial charge on any atom is -0.347 e. The average Bonchev–Trinajstić information content (AvgIpc) is 2.46. The SMILES string of the molecule is CCN1C(=O)COC(c2cccc(C(F)(F)F)c2)N1CC. The van der Waals surface area contributed by atoms with Crippen molar-refractivity contribution in [2.24, 2.45) is 0 Å². The van der Waals surface area contributed by atoms with Crippen LogP contribution >= 0.6 is 0 Å². The lowest BCUT2D eigenvalue weighted by Gasteiger charge is -2.43. The number of carbonyl (C=O) groups excluding carboxylic acids is 1. The van der Waals surface area contributed by atoms with Gasteiger partial charge in [-0.1, -0.05) is 19.1 Å². The van der Waals surface area contributed by atoms with E-state index in [1.54, 1.807) is 11.1 Å². The second kappa shape index (κ2) is 6.03. The number of likely N-dealkylation sites (N-methyl/N-ethyl adjacent to an activating group) is 1. The maximum Gasteiger partial charge on any atom is 0.416 e. The largest absolute Gasteiger partial charge is 0.416 e. The van der Waals surface area contributed by atoms with Gasteiger partial charge >= 0.3 is 6.18 Å². The quantitative estimate of drug-likeness (QED) is 0.861. The van der Waals surface area contributed by atoms with Crippen molar-refractivity contribution in [3.63, 3.8) is 0 Å². The molecule has 1 saturated heterocycles. The van der Waals surface area contributed by atoms with Gasteiger partial charge in [0.2, 0.25) is 0 Å². The Bertz CT molecular complexity index is 519. The summed E-state index contributed by atoms with van der Waals surface area (Å²) in [7, 11) is 0. The first-order chi connectivity index (χ1) is 9.88. The van der Waals surface area contributed by atoms with Crippen molar-refractivity contribution >= 4 is 5.91 Å². The van der Waals surface area contributed by atoms with Gasteiger partial charge in [-0.15, -0.1) is 0 Å². The molecule has 4 nitrogen and oxygen atoms in total. The summed E-state index contributed by atoms with van der Waals surface area (Å²) in [6.07, 6.45) is -5.09. The van der Waals surface area contributed by atoms with Gasteiger partial charge in [0.25, 0.3) is 5.91 Å². The van der Waals surface area contributed by atoms with Crippen LogP contribution in [0.1, 0.15) is 31.2 Å². The maximum atomic E-state index is 12.8. The number of ether oxygens (including phenoxy) is 1. The standard InChI is InChI=1S/C14H17F3N2O2/c1-3-18-12(20)9-21-13(19(18)4-2)10-6-5-7-11(8-10)14(15,16)17/h5-8,13H,3-4,9H2,1-2H3. The van der Waals surface area contributed by atoms with Gasteiger partial charge in [-0.2, -0.15) is 18.2 Å². The molecule has 1 atom stereocenters. The van der Waals surface area contributed by atoms with Gasteiger partial charge in [-0.05, 0) is 24.6 Å². The molecule has 0 spiro atoms. The lowest BCUT2D eigenvalue weighted by Crippen LogP contribution is -2.54. The summed E-state index contributed by atoms with van der Waals surface area (Å²) in [5.74, 6) is -0.192. The number of benzene rings is 1. The predicted octanol–water partition coefficient (Wildman–Crippen LogP) is 2.82. The molecule has 0 saturated carbocycles. The van der Waals surface area contributed by atoms with Gasteiger partial charge in [0, 0.05) is 13.1 Å². The molecule has 1 aliphatic rings. The number of hydrogen-bond donors (Lipinski definition) is 0. The Morgan fingerprint density at radius 1 is 1.29 bits per heavy atom. The Morgan fingerprint density at radius 3 is 2.57 bits per heavy atom. The minimum atomic E-state index is -4.40. The van der Waals surface area contributed by atoms with E-state index in [-0.39, 0.29) is 12.5 Å². The number of carbonyl (C=O) groups is 1. The highest BCUT2D eigenvalue weighted by molar-refractivity contribution is 5.77. The van der Waals surface area contributed by atoms with E-state index in [0.717, 1.165) is 12.1 Å². The summed E-state index contributed by atoms with van der Waals surface area (Å²) in [6, 6.07) is 5.01. The van der Waals surface area contributed by atoms with Gasteiger partial charge in [0.1, 0.15) is 6.61 Å². The molecule has 116 valence electrons. The van der Waals surface area contributed by atoms with E-state index in [0.29, 0.717) is 18.7 Å². The van der Waals surface area contributed by atoms with Crippen LogP contribution in [0, 0.1) is 0 Å². The van der Waals surface area contributed by atoms with Gasteiger partial charge < -0.3 is 4.74 Å². The first-order valence-electron chi connectivity index (χ1n) is 6.74. The second-order valence-corrected chi connectivity index (χ2v) is 4.65. The van der Waals surface area contributed by atoms with Crippen LogP contribution in [0.3, 0.4) is 0 Å². The Hall–Kier alpha value is -1.60. The molecule has 1 heterocycles. The van der Waals surface area contributed by atoms with Crippen LogP contribution in [0.5, 0.6) is 0 Å². The van der Waals surface area contributed by atoms with Gasteiger partial charge in [0.05, 0.1) is 5.56 Å². The van der Waals surface area contributed by atoms with Crippen molar-refractivity contribution in [2.75, 3.05) is 19.7 Å². The molecule has 1 fully saturated rings. The van der Waals surface area contributed by atoms with Crippen LogP contribution in [-0.2, 0) is 15.7 Å². The Morgan fingerprint density at radius 2 is 2.00 bits per heavy atom. The number of alkyl halides is 3. The van der Waals surface area contributed by atoms with Gasteiger partial charge in [-0.3, -0.25) is 9.80 Å². The molecule has 0 aromatic heterocycles. The molecule has 21 heavy (non-hydrogen) atoms. The smallest absolute Gasteiger partial charge is 0.347 e. The molecule has 1 unspecified atom stereocenters. The molecule has 0 aliphatic carbocycles. The fourth-order valence-corrected chi connectivity index (χ4v) is 2.41. The normalized spacial score (nSPS) is 20.9. The summed E-state index contributed by atoms with van der Waals surface area (Å²) in [5.41, 5.74) is -0.336. The number of hydrazine groups is 1. The highest BCUT2D eigenvalue weighted by atomic mass is 19.4. The lowest BCUT2D eigenvalue weighted by molar-refractivity contribution is -0.217. The molecule has 1 aromatic carbocycles. The number of hydrogen-bond acceptors (Lipinski definition) is 3. The van der Waals surface area contributed by atoms with Crippen LogP contribution in [-0.4, -0.2) is 35.6 Å². The third-order valence-corrected chi connectivity index (χ3v) is 3.36. The monoisotopic (exact) mass is 302 g/mol. The molecule has 7 heteroatoms. The van der Waals surface area contributed by atoms with E-state index in [2.05, 4.69) is 0 Å². The summed E-state index contributed by atoms with van der Waals surface area (Å²) in [5, 5.41) is 3.15. The Balaban J connectivity index is 2.34. The third-order valence-electron chi connectivity index (χ3n) is 3.36. The van der Waals surface area contributed by atoms with Crippen LogP contribution in [0.4, 0.5) is 13.2 Å². The fourth-order valence-electron chi connectivity index (χ4n) is 2.41. The molecule has 2 rings (SSSR count). The highest BCUT2D eigenvalue weighted by Gasteiger charge is 2.35. The number of amides is 1. The lowest BCUT2D eigenvalue weighted by atomic mass is 10.1. The van der Waals surface area contributed by atoms with E-state index >= 15 is 0 Å². The molecule has 0 radical (unpaired) electrons. The first-order valence-corrected chi connectivity index (χ1v) is 6.74. The van der Waals surface area contributed by atoms with E-state index in [4.69, 9.17) is 4.74 Å². The van der Waals surface area contributed by atoms with Crippen molar-refractivity contribution in [1.82, 2.24) is 10.0 Å². The van der Waals surface area contributed by atoms with Crippen LogP contribution in [0.25, 0.3) is 0 Å². The highest BCUT2D eigenvalue weighted by Crippen LogP contribution is 2.33. The van der Waals surface area contributed by atoms with Crippen LogP contribution in [0.2, 0.25) is 0 Å². The van der Waals surface area contributed by atoms with Gasteiger partial charge in [0.15, 0.2) is 6.23 Å². The van der Waals surface area contributed by atoms with E-state index in [1.807, 2.05) is 13.8 Å². The summed E-state index contributed by atoms with van der Waals surface area (Å²) >= 11 is 0. The van der Waals surface area contributed by atoms with Crippen molar-refractivity contribution < 1.29 is 22.7 Å². The molecule has 0 N–H and O–H groups in total. The zero-order valence-electron chi connectivity index (χ0n) is 11.9. The Labute approximate surface area is 121 Å². The number of nitrogens with zero attached hydrogens (tertiary/aromatic N) is 2. The molecular weight excluding hydrogens is 285 g/mol. The number of rotatable bonds is 3. The zero-order valence-corrected chi connectivity index (χ0v) is 11.9. The first kappa shape index (κ1) is 15.8. The van der Waals surface area contributed by atoms with Crippen LogP contribution < -0.4 is 0 Å². The van der Waals surface area contributed by atoms with Crippen molar-refractivity contribution in [2.45, 2.75) is 26.3 Å². The molecule has 1 aliphatic heterocycles. The van der Waals surface area contributed by atoms with Crippen LogP contribution in [0.15, 0.2) is 24.3 Å². The van der Waals surface area contributed by atoms with E-state index in [9.17, 15) is 18.0 Å². The molecule has 1 amide bonds. The topological polar surface area (TPSA) is 32.8 Å². The minimum absolute atomic E-state index is 0.134. The van der Waals surface area contributed by atoms with E-state index in [1.165, 1.54) is 11.1 Å². The summed E-state index contributed by atoms with van der Waals surface area (Å²) < 4.78 is 43.8. The van der Waals surface area contributed by atoms with Crippen molar-refractivity contribution in [3.05, 3.63) is 35.4 Å². The summed E-state index contributed by atoms with van der Waals surface area (Å²) in [4.78, 5) is 11.8. The second-order valence-electron chi connectivity index (χ2n) is 4.65. The zero-order chi connectivity index (χ0) is 15.6. The Kier molecular flexibility index (Phi) is 4.53. The van der Waals surface area contributed by atoms with E-state index < -0.39 is 18.0 Å². The summed E-state index contributed by atoms with van der Waals surface area (Å²) in [6.45, 7) is 4.41. The molecule has 0 bridgehead atoms. The van der Waals surface area contributed by atoms with Crippen molar-refractivity contribution in [3.8, 4) is 0 Å². The molecule has 1 aromatic rings. The maximum absolute atomic E-state index is 12.8. The van der Waals surface area contributed by atoms with Crippen molar-refractivity contribution in [1.29, 1.82) is 0 Å². The number of halogens is 3. The van der Waals surface area contributed by atoms with Gasteiger partial charge in [-0.25, -0.2) is 0 Å². The average molecular weight is 302 g/mol. The molecular formula is C14H17F3N2O2. The predicted molar refractivity (Wildman–Crippen MR) is 69.9 cm³/mol.